The van der Waals surface area contributed by atoms with Gasteiger partial charge < -0.3 is 9.29 Å². The van der Waals surface area contributed by atoms with Gasteiger partial charge in [0.05, 0.1) is 5.69 Å². The number of phenolic OH excluding ortho intramolecular Hbond substituents is 1. The van der Waals surface area contributed by atoms with Crippen LogP contribution in [0.5, 0.6) is 11.5 Å². The van der Waals surface area contributed by atoms with Crippen LogP contribution < -0.4 is 8.91 Å². The molecule has 1 atom stereocenters. The monoisotopic (exact) mass is 313 g/mol. The van der Waals surface area contributed by atoms with Crippen molar-refractivity contribution in [3.63, 3.8) is 0 Å². The summed E-state index contributed by atoms with van der Waals surface area (Å²) in [6.45, 7) is 1.97. The normalized spacial score (nSPS) is 12.0. The summed E-state index contributed by atoms with van der Waals surface area (Å²) in [5, 5.41) is 11.3. The van der Waals surface area contributed by atoms with Crippen LogP contribution in [0, 0.1) is 6.92 Å². The van der Waals surface area contributed by atoms with Crippen molar-refractivity contribution in [3.05, 3.63) is 66.2 Å². The molecule has 22 heavy (non-hydrogen) atoms. The molecule has 0 aromatic heterocycles. The molecule has 0 saturated carbocycles. The minimum atomic E-state index is -1.72. The van der Waals surface area contributed by atoms with Crippen molar-refractivity contribution < 1.29 is 13.5 Å². The Bertz CT molecular complexity index is 831. The highest BCUT2D eigenvalue weighted by Crippen LogP contribution is 2.30. The van der Waals surface area contributed by atoms with Crippen LogP contribution in [0.15, 0.2) is 60.7 Å². The lowest BCUT2D eigenvalue weighted by Crippen LogP contribution is -2.11. The Hall–Kier alpha value is -2.53. The van der Waals surface area contributed by atoms with E-state index in [1.807, 2.05) is 37.3 Å². The van der Waals surface area contributed by atoms with Crippen molar-refractivity contribution in [1.29, 1.82) is 0 Å². The van der Waals surface area contributed by atoms with Crippen LogP contribution in [-0.2, 0) is 11.3 Å². The van der Waals surface area contributed by atoms with Crippen LogP contribution in [0.3, 0.4) is 0 Å². The maximum Gasteiger partial charge on any atom is 0.316 e. The molecule has 4 nitrogen and oxygen atoms in total. The number of phenols is 1. The molecule has 0 bridgehead atoms. The van der Waals surface area contributed by atoms with Crippen LogP contribution in [-0.4, -0.2) is 9.32 Å². The summed E-state index contributed by atoms with van der Waals surface area (Å²) in [6, 6.07) is 17.9. The second kappa shape index (κ2) is 6.07. The van der Waals surface area contributed by atoms with Crippen molar-refractivity contribution in [2.24, 2.45) is 0 Å². The minimum Gasteiger partial charge on any atom is -0.507 e. The lowest BCUT2D eigenvalue weighted by atomic mass is 10.1. The zero-order valence-electron chi connectivity index (χ0n) is 11.9. The molecule has 0 amide bonds. The van der Waals surface area contributed by atoms with E-state index in [0.29, 0.717) is 16.8 Å². The Morgan fingerprint density at radius 3 is 2.36 bits per heavy atom. The molecule has 0 heterocycles. The summed E-state index contributed by atoms with van der Waals surface area (Å²) in [5.74, 6) is 0.714. The van der Waals surface area contributed by atoms with Crippen LogP contribution >= 0.6 is 0 Å². The summed E-state index contributed by atoms with van der Waals surface area (Å²) in [4.78, 5) is 0. The molecule has 2 N–H and O–H groups in total. The van der Waals surface area contributed by atoms with Gasteiger partial charge in [0.25, 0.3) is 0 Å². The Labute approximate surface area is 131 Å². The zero-order valence-corrected chi connectivity index (χ0v) is 12.8. The van der Waals surface area contributed by atoms with Gasteiger partial charge in [-0.05, 0) is 31.2 Å². The van der Waals surface area contributed by atoms with Crippen molar-refractivity contribution in [1.82, 2.24) is 0 Å². The lowest BCUT2D eigenvalue weighted by molar-refractivity contribution is 0.481. The number of anilines is 1. The van der Waals surface area contributed by atoms with Crippen LogP contribution in [0.4, 0.5) is 5.69 Å². The molecule has 0 fully saturated rings. The van der Waals surface area contributed by atoms with E-state index < -0.39 is 11.3 Å². The maximum absolute atomic E-state index is 12.1. The molecular weight excluding hydrogens is 298 g/mol. The molecule has 0 radical (unpaired) electrons. The van der Waals surface area contributed by atoms with Crippen molar-refractivity contribution >= 4 is 27.7 Å². The van der Waals surface area contributed by atoms with Gasteiger partial charge in [0.2, 0.25) is 0 Å². The van der Waals surface area contributed by atoms with Gasteiger partial charge >= 0.3 is 11.3 Å². The van der Waals surface area contributed by atoms with Gasteiger partial charge in [0, 0.05) is 10.8 Å². The van der Waals surface area contributed by atoms with Gasteiger partial charge in [-0.1, -0.05) is 42.0 Å². The SMILES string of the molecule is Cc1ccc(OS(=O)Nc2ccc(O)c3ccccc23)cc1. The van der Waals surface area contributed by atoms with E-state index in [0.717, 1.165) is 10.9 Å². The summed E-state index contributed by atoms with van der Waals surface area (Å²) in [6.07, 6.45) is 0. The van der Waals surface area contributed by atoms with E-state index in [1.54, 1.807) is 30.3 Å². The Morgan fingerprint density at radius 1 is 0.955 bits per heavy atom. The van der Waals surface area contributed by atoms with E-state index in [4.69, 9.17) is 4.18 Å². The van der Waals surface area contributed by atoms with E-state index in [9.17, 15) is 9.32 Å². The van der Waals surface area contributed by atoms with Crippen LogP contribution in [0.25, 0.3) is 10.8 Å². The molecule has 0 aliphatic carbocycles. The fourth-order valence-corrected chi connectivity index (χ4v) is 2.85. The van der Waals surface area contributed by atoms with Crippen molar-refractivity contribution in [3.8, 4) is 11.5 Å². The Morgan fingerprint density at radius 2 is 1.64 bits per heavy atom. The topological polar surface area (TPSA) is 58.6 Å². The molecule has 3 rings (SSSR count). The summed E-state index contributed by atoms with van der Waals surface area (Å²) >= 11 is -1.72. The number of benzene rings is 3. The Balaban J connectivity index is 1.82. The average Bonchev–Trinajstić information content (AvgIpc) is 2.53. The number of rotatable bonds is 4. The fraction of sp³-hybridized carbons (Fsp3) is 0.0588. The predicted molar refractivity (Wildman–Crippen MR) is 89.2 cm³/mol. The third-order valence-corrected chi connectivity index (χ3v) is 4.02. The summed E-state index contributed by atoms with van der Waals surface area (Å²) in [7, 11) is 0. The number of hydrogen-bond donors (Lipinski definition) is 2. The number of aromatic hydroxyl groups is 1. The number of nitrogens with one attached hydrogen (secondary N) is 1. The molecule has 1 unspecified atom stereocenters. The molecular formula is C17H15NO3S. The first kappa shape index (κ1) is 14.4. The molecule has 0 spiro atoms. The second-order valence-corrected chi connectivity index (χ2v) is 5.75. The number of hydrogen-bond acceptors (Lipinski definition) is 3. The van der Waals surface area contributed by atoms with Gasteiger partial charge in [0.15, 0.2) is 0 Å². The maximum atomic E-state index is 12.1. The molecule has 112 valence electrons. The van der Waals surface area contributed by atoms with E-state index in [1.165, 1.54) is 0 Å². The Kier molecular flexibility index (Phi) is 3.98. The molecule has 5 heteroatoms. The number of fused-ring (bicyclic) bond motifs is 1. The third kappa shape index (κ3) is 3.04. The average molecular weight is 313 g/mol. The third-order valence-electron chi connectivity index (χ3n) is 3.29. The smallest absolute Gasteiger partial charge is 0.316 e. The van der Waals surface area contributed by atoms with Gasteiger partial charge in [-0.25, -0.2) is 0 Å². The van der Waals surface area contributed by atoms with Gasteiger partial charge in [-0.3, -0.25) is 4.72 Å². The molecule has 0 aliphatic rings. The lowest BCUT2D eigenvalue weighted by Gasteiger charge is -2.10. The molecule has 0 aliphatic heterocycles. The van der Waals surface area contributed by atoms with E-state index >= 15 is 0 Å². The first-order valence-corrected chi connectivity index (χ1v) is 7.85. The minimum absolute atomic E-state index is 0.186. The highest BCUT2D eigenvalue weighted by molar-refractivity contribution is 7.82. The van der Waals surface area contributed by atoms with Crippen molar-refractivity contribution in [2.75, 3.05) is 4.72 Å². The standard InChI is InChI=1S/C17H15NO3S/c1-12-6-8-13(9-7-12)21-22(20)18-16-10-11-17(19)15-5-3-2-4-14(15)16/h2-11,18-19H,1H3. The molecule has 0 saturated heterocycles. The largest absolute Gasteiger partial charge is 0.507 e. The molecule has 3 aromatic rings. The van der Waals surface area contributed by atoms with Gasteiger partial charge in [-0.2, -0.15) is 4.21 Å². The fourth-order valence-electron chi connectivity index (χ4n) is 2.16. The summed E-state index contributed by atoms with van der Waals surface area (Å²) in [5.41, 5.74) is 1.74. The van der Waals surface area contributed by atoms with Crippen LogP contribution in [0.1, 0.15) is 5.56 Å². The first-order valence-electron chi connectivity index (χ1n) is 6.77. The zero-order chi connectivity index (χ0) is 15.5. The second-order valence-electron chi connectivity index (χ2n) is 4.91. The van der Waals surface area contributed by atoms with Crippen molar-refractivity contribution in [2.45, 2.75) is 6.92 Å². The first-order chi connectivity index (χ1) is 10.6. The quantitative estimate of drug-likeness (QED) is 0.718. The van der Waals surface area contributed by atoms with Crippen LogP contribution in [0.2, 0.25) is 0 Å². The number of aryl methyl sites for hydroxylation is 1. The van der Waals surface area contributed by atoms with E-state index in [-0.39, 0.29) is 5.75 Å². The summed E-state index contributed by atoms with van der Waals surface area (Å²) < 4.78 is 20.3. The highest BCUT2D eigenvalue weighted by atomic mass is 32.2. The van der Waals surface area contributed by atoms with Gasteiger partial charge in [0.1, 0.15) is 11.5 Å². The molecule has 3 aromatic carbocycles. The predicted octanol–water partition coefficient (Wildman–Crippen LogP) is 3.92. The van der Waals surface area contributed by atoms with Gasteiger partial charge in [-0.15, -0.1) is 0 Å². The van der Waals surface area contributed by atoms with E-state index in [2.05, 4.69) is 4.72 Å². The highest BCUT2D eigenvalue weighted by Gasteiger charge is 2.08.